The standard InChI is InChI=1S/C19H29NO4/c1-16-7-13-8-17(2,10-16)12-18(9-13,11-16)14(21)20-5-3-19(24,4-6-20)15(22)23/h13,24H,3-12H2,1-2H3,(H,22,23). The van der Waals surface area contributed by atoms with Crippen LogP contribution in [0.1, 0.15) is 65.2 Å². The number of piperidine rings is 1. The summed E-state index contributed by atoms with van der Waals surface area (Å²) in [6, 6.07) is 0. The van der Waals surface area contributed by atoms with Crippen molar-refractivity contribution < 1.29 is 19.8 Å². The van der Waals surface area contributed by atoms with Crippen LogP contribution in [0.3, 0.4) is 0 Å². The molecule has 0 aromatic carbocycles. The van der Waals surface area contributed by atoms with Crippen molar-refractivity contribution in [3.05, 3.63) is 0 Å². The number of amides is 1. The Bertz CT molecular complexity index is 574. The molecule has 5 rings (SSSR count). The first-order valence-corrected chi connectivity index (χ1v) is 9.33. The minimum atomic E-state index is -1.66. The predicted molar refractivity (Wildman–Crippen MR) is 88.2 cm³/mol. The predicted octanol–water partition coefficient (Wildman–Crippen LogP) is 2.42. The number of rotatable bonds is 2. The Labute approximate surface area is 143 Å². The fraction of sp³-hybridized carbons (Fsp3) is 0.895. The second kappa shape index (κ2) is 4.75. The summed E-state index contributed by atoms with van der Waals surface area (Å²) in [5.41, 5.74) is -1.30. The summed E-state index contributed by atoms with van der Waals surface area (Å²) in [6.45, 7) is 5.44. The summed E-state index contributed by atoms with van der Waals surface area (Å²) in [5, 5.41) is 19.3. The summed E-state index contributed by atoms with van der Waals surface area (Å²) in [7, 11) is 0. The smallest absolute Gasteiger partial charge is 0.335 e. The maximum absolute atomic E-state index is 13.4. The molecule has 0 spiro atoms. The van der Waals surface area contributed by atoms with E-state index in [2.05, 4.69) is 13.8 Å². The van der Waals surface area contributed by atoms with Crippen molar-refractivity contribution in [2.75, 3.05) is 13.1 Å². The molecule has 5 fully saturated rings. The van der Waals surface area contributed by atoms with Crippen LogP contribution >= 0.6 is 0 Å². The van der Waals surface area contributed by atoms with Gasteiger partial charge in [-0.2, -0.15) is 0 Å². The topological polar surface area (TPSA) is 77.8 Å². The number of hydrogen-bond acceptors (Lipinski definition) is 3. The first-order valence-electron chi connectivity index (χ1n) is 9.33. The number of likely N-dealkylation sites (tertiary alicyclic amines) is 1. The highest BCUT2D eigenvalue weighted by Crippen LogP contribution is 2.69. The lowest BCUT2D eigenvalue weighted by molar-refractivity contribution is -0.184. The molecule has 4 bridgehead atoms. The van der Waals surface area contributed by atoms with Gasteiger partial charge in [-0.25, -0.2) is 4.79 Å². The fourth-order valence-corrected chi connectivity index (χ4v) is 7.32. The van der Waals surface area contributed by atoms with Gasteiger partial charge in [0.15, 0.2) is 5.60 Å². The molecule has 0 radical (unpaired) electrons. The fourth-order valence-electron chi connectivity index (χ4n) is 7.32. The molecule has 4 saturated carbocycles. The third kappa shape index (κ3) is 2.31. The molecular weight excluding hydrogens is 306 g/mol. The van der Waals surface area contributed by atoms with Gasteiger partial charge in [-0.15, -0.1) is 0 Å². The van der Waals surface area contributed by atoms with E-state index in [1.54, 1.807) is 0 Å². The largest absolute Gasteiger partial charge is 0.479 e. The highest BCUT2D eigenvalue weighted by atomic mass is 16.4. The minimum Gasteiger partial charge on any atom is -0.479 e. The highest BCUT2D eigenvalue weighted by molar-refractivity contribution is 5.84. The Balaban J connectivity index is 1.54. The van der Waals surface area contributed by atoms with E-state index in [1.807, 2.05) is 4.90 Å². The zero-order valence-corrected chi connectivity index (χ0v) is 14.8. The van der Waals surface area contributed by atoms with Crippen LogP contribution in [-0.4, -0.2) is 45.7 Å². The van der Waals surface area contributed by atoms with Crippen LogP contribution in [-0.2, 0) is 9.59 Å². The van der Waals surface area contributed by atoms with Crippen molar-refractivity contribution in [1.29, 1.82) is 0 Å². The van der Waals surface area contributed by atoms with E-state index in [9.17, 15) is 14.7 Å². The lowest BCUT2D eigenvalue weighted by Gasteiger charge is -2.65. The van der Waals surface area contributed by atoms with Crippen LogP contribution in [0.15, 0.2) is 0 Å². The molecule has 0 aromatic rings. The second-order valence-corrected chi connectivity index (χ2v) is 10.0. The van der Waals surface area contributed by atoms with Crippen LogP contribution in [0.4, 0.5) is 0 Å². The zero-order chi connectivity index (χ0) is 17.4. The lowest BCUT2D eigenvalue weighted by Crippen LogP contribution is -2.62. The number of aliphatic carboxylic acids is 1. The van der Waals surface area contributed by atoms with E-state index in [0.717, 1.165) is 19.3 Å². The number of hydrogen-bond donors (Lipinski definition) is 2. The quantitative estimate of drug-likeness (QED) is 0.812. The average molecular weight is 335 g/mol. The number of aliphatic hydroxyl groups is 1. The monoisotopic (exact) mass is 335 g/mol. The van der Waals surface area contributed by atoms with Crippen molar-refractivity contribution in [2.45, 2.75) is 70.8 Å². The molecule has 5 heteroatoms. The van der Waals surface area contributed by atoms with Gasteiger partial charge in [0.1, 0.15) is 0 Å². The average Bonchev–Trinajstić information content (AvgIpc) is 2.43. The number of nitrogens with zero attached hydrogens (tertiary/aromatic N) is 1. The van der Waals surface area contributed by atoms with Crippen molar-refractivity contribution in [3.8, 4) is 0 Å². The van der Waals surface area contributed by atoms with Gasteiger partial charge in [-0.3, -0.25) is 4.79 Å². The number of carboxylic acids is 1. The van der Waals surface area contributed by atoms with Gasteiger partial charge in [0, 0.05) is 25.9 Å². The molecule has 1 heterocycles. The summed E-state index contributed by atoms with van der Waals surface area (Å²) in [5.74, 6) is -0.262. The molecule has 1 saturated heterocycles. The van der Waals surface area contributed by atoms with Crippen molar-refractivity contribution >= 4 is 11.9 Å². The summed E-state index contributed by atoms with van der Waals surface area (Å²) in [4.78, 5) is 26.5. The minimum absolute atomic E-state index is 0.141. The van der Waals surface area contributed by atoms with Crippen molar-refractivity contribution in [1.82, 2.24) is 4.90 Å². The van der Waals surface area contributed by atoms with Gasteiger partial charge in [0.25, 0.3) is 0 Å². The van der Waals surface area contributed by atoms with Crippen LogP contribution in [0.2, 0.25) is 0 Å². The molecule has 5 nitrogen and oxygen atoms in total. The zero-order valence-electron chi connectivity index (χ0n) is 14.8. The lowest BCUT2D eigenvalue weighted by atomic mass is 9.40. The van der Waals surface area contributed by atoms with E-state index in [1.165, 1.54) is 19.3 Å². The Morgan fingerprint density at radius 2 is 1.50 bits per heavy atom. The molecule has 2 unspecified atom stereocenters. The normalized spacial score (nSPS) is 46.1. The highest BCUT2D eigenvalue weighted by Gasteiger charge is 2.63. The van der Waals surface area contributed by atoms with Crippen LogP contribution < -0.4 is 0 Å². The van der Waals surface area contributed by atoms with Gasteiger partial charge in [0.2, 0.25) is 5.91 Å². The van der Waals surface area contributed by atoms with Crippen molar-refractivity contribution in [2.24, 2.45) is 22.2 Å². The van der Waals surface area contributed by atoms with E-state index >= 15 is 0 Å². The second-order valence-electron chi connectivity index (χ2n) is 10.0. The molecule has 2 N–H and O–H groups in total. The molecule has 0 aromatic heterocycles. The van der Waals surface area contributed by atoms with Gasteiger partial charge in [-0.1, -0.05) is 13.8 Å². The molecule has 1 aliphatic heterocycles. The van der Waals surface area contributed by atoms with Crippen LogP contribution in [0.25, 0.3) is 0 Å². The third-order valence-corrected chi connectivity index (χ3v) is 7.36. The number of carbonyl (C=O) groups excluding carboxylic acids is 1. The van der Waals surface area contributed by atoms with E-state index in [-0.39, 0.29) is 24.2 Å². The molecule has 5 aliphatic rings. The Hall–Kier alpha value is -1.10. The molecular formula is C19H29NO4. The van der Waals surface area contributed by atoms with Gasteiger partial charge in [-0.05, 0) is 55.3 Å². The van der Waals surface area contributed by atoms with E-state index in [0.29, 0.717) is 29.8 Å². The van der Waals surface area contributed by atoms with Gasteiger partial charge in [0.05, 0.1) is 5.41 Å². The van der Waals surface area contributed by atoms with Crippen molar-refractivity contribution in [3.63, 3.8) is 0 Å². The molecule has 134 valence electrons. The molecule has 1 amide bonds. The first-order chi connectivity index (χ1) is 11.1. The first kappa shape index (κ1) is 16.4. The summed E-state index contributed by atoms with van der Waals surface area (Å²) in [6.07, 6.45) is 7.03. The molecule has 4 aliphatic carbocycles. The Kier molecular flexibility index (Phi) is 3.24. The Morgan fingerprint density at radius 3 is 1.96 bits per heavy atom. The number of carboxylic acid groups (broad SMARTS) is 1. The summed E-state index contributed by atoms with van der Waals surface area (Å²) >= 11 is 0. The van der Waals surface area contributed by atoms with E-state index < -0.39 is 11.6 Å². The Morgan fingerprint density at radius 1 is 0.958 bits per heavy atom. The maximum Gasteiger partial charge on any atom is 0.335 e. The molecule has 2 atom stereocenters. The SMILES string of the molecule is CC12CC3CC(C)(C1)CC(C(=O)N1CCC(O)(C(=O)O)CC1)(C3)C2. The summed E-state index contributed by atoms with van der Waals surface area (Å²) < 4.78 is 0. The van der Waals surface area contributed by atoms with Gasteiger partial charge >= 0.3 is 5.97 Å². The number of carbonyl (C=O) groups is 2. The maximum atomic E-state index is 13.4. The van der Waals surface area contributed by atoms with E-state index in [4.69, 9.17) is 5.11 Å². The third-order valence-electron chi connectivity index (χ3n) is 7.36. The van der Waals surface area contributed by atoms with Gasteiger partial charge < -0.3 is 15.1 Å². The van der Waals surface area contributed by atoms with Crippen LogP contribution in [0.5, 0.6) is 0 Å². The molecule has 24 heavy (non-hydrogen) atoms. The van der Waals surface area contributed by atoms with Crippen LogP contribution in [0, 0.1) is 22.2 Å².